The topological polar surface area (TPSA) is 68.2 Å². The summed E-state index contributed by atoms with van der Waals surface area (Å²) in [5, 5.41) is 14.3. The van der Waals surface area contributed by atoms with E-state index in [1.807, 2.05) is 0 Å². The molecule has 5 nitrogen and oxygen atoms in total. The molecule has 0 saturated carbocycles. The molecule has 1 heterocycles. The minimum absolute atomic E-state index is 0.00795. The average molecular weight is 392 g/mol. The first-order chi connectivity index (χ1) is 12.5. The number of amides is 1. The molecule has 0 aliphatic carbocycles. The van der Waals surface area contributed by atoms with Gasteiger partial charge in [0.25, 0.3) is 5.91 Å². The number of nitrogens with zero attached hydrogens (tertiary/aromatic N) is 2. The van der Waals surface area contributed by atoms with Crippen LogP contribution in [-0.2, 0) is 17.1 Å². The first-order valence-electron chi connectivity index (χ1n) is 7.68. The summed E-state index contributed by atoms with van der Waals surface area (Å²) in [5.41, 5.74) is -3.97. The maximum atomic E-state index is 12.8. The van der Waals surface area contributed by atoms with Crippen LogP contribution in [0.15, 0.2) is 30.0 Å². The molecule has 2 rings (SSSR count). The third-order valence-corrected chi connectivity index (χ3v) is 3.73. The highest BCUT2D eigenvalue weighted by Gasteiger charge is 2.36. The monoisotopic (exact) mass is 392 g/mol. The third-order valence-electron chi connectivity index (χ3n) is 3.73. The summed E-state index contributed by atoms with van der Waals surface area (Å²) in [7, 11) is 0. The molecular weight excluding hydrogens is 378 g/mol. The zero-order chi connectivity index (χ0) is 20.2. The molecule has 1 aromatic carbocycles. The molecule has 0 radical (unpaired) electrons. The predicted octanol–water partition coefficient (Wildman–Crippen LogP) is 2.98. The van der Waals surface area contributed by atoms with E-state index >= 15 is 0 Å². The minimum Gasteiger partial charge on any atom is -0.360 e. The van der Waals surface area contributed by atoms with Gasteiger partial charge in [0.15, 0.2) is 0 Å². The van der Waals surface area contributed by atoms with Crippen molar-refractivity contribution >= 4 is 11.6 Å². The molecule has 0 atom stereocenters. The highest BCUT2D eigenvalue weighted by atomic mass is 19.4. The van der Waals surface area contributed by atoms with Gasteiger partial charge in [-0.15, -0.1) is 0 Å². The summed E-state index contributed by atoms with van der Waals surface area (Å²) in [4.78, 5) is 13.6. The number of benzene rings is 1. The van der Waals surface area contributed by atoms with Gasteiger partial charge in [-0.25, -0.2) is 0 Å². The lowest BCUT2D eigenvalue weighted by atomic mass is 10.1. The van der Waals surface area contributed by atoms with E-state index in [9.17, 15) is 31.1 Å². The van der Waals surface area contributed by atoms with Crippen LogP contribution in [0.1, 0.15) is 11.1 Å². The first-order valence-corrected chi connectivity index (χ1v) is 7.68. The molecule has 1 aliphatic rings. The van der Waals surface area contributed by atoms with E-state index in [1.165, 1.54) is 4.90 Å². The minimum atomic E-state index is -4.99. The van der Waals surface area contributed by atoms with Crippen molar-refractivity contribution < 1.29 is 31.1 Å². The largest absolute Gasteiger partial charge is 0.416 e. The molecule has 1 saturated heterocycles. The molecule has 11 heteroatoms. The van der Waals surface area contributed by atoms with Crippen LogP contribution in [0.25, 0.3) is 0 Å². The number of alkyl halides is 6. The lowest BCUT2D eigenvalue weighted by Crippen LogP contribution is -2.46. The highest BCUT2D eigenvalue weighted by Crippen LogP contribution is 2.37. The molecule has 0 bridgehead atoms. The number of piperazine rings is 1. The first kappa shape index (κ1) is 20.6. The number of halogens is 6. The number of nitrogens with one attached hydrogen (secondary N) is 2. The van der Waals surface area contributed by atoms with Crippen molar-refractivity contribution in [2.24, 2.45) is 0 Å². The van der Waals surface area contributed by atoms with E-state index in [0.29, 0.717) is 38.3 Å². The molecule has 1 amide bonds. The quantitative estimate of drug-likeness (QED) is 0.472. The second kappa shape index (κ2) is 7.87. The number of nitriles is 1. The molecule has 27 heavy (non-hydrogen) atoms. The van der Waals surface area contributed by atoms with Gasteiger partial charge in [0.05, 0.1) is 11.1 Å². The molecule has 0 unspecified atom stereocenters. The van der Waals surface area contributed by atoms with Crippen LogP contribution in [0.3, 0.4) is 0 Å². The van der Waals surface area contributed by atoms with Crippen LogP contribution in [0.5, 0.6) is 0 Å². The number of hydrogen-bond acceptors (Lipinski definition) is 4. The van der Waals surface area contributed by atoms with Crippen molar-refractivity contribution in [1.29, 1.82) is 5.26 Å². The summed E-state index contributed by atoms with van der Waals surface area (Å²) < 4.78 is 77.1. The Bertz CT molecular complexity index is 740. The maximum Gasteiger partial charge on any atom is 0.416 e. The summed E-state index contributed by atoms with van der Waals surface area (Å²) >= 11 is 0. The van der Waals surface area contributed by atoms with Crippen molar-refractivity contribution in [1.82, 2.24) is 10.2 Å². The number of carbonyl (C=O) groups excluding carboxylic acids is 1. The normalized spacial score (nSPS) is 16.0. The number of anilines is 1. The Kier molecular flexibility index (Phi) is 6.00. The van der Waals surface area contributed by atoms with Gasteiger partial charge >= 0.3 is 12.4 Å². The fourth-order valence-corrected chi connectivity index (χ4v) is 2.37. The van der Waals surface area contributed by atoms with Gasteiger partial charge in [-0.05, 0) is 18.2 Å². The Balaban J connectivity index is 2.30. The van der Waals surface area contributed by atoms with Gasteiger partial charge in [0.1, 0.15) is 11.6 Å². The van der Waals surface area contributed by atoms with Gasteiger partial charge in [-0.2, -0.15) is 31.6 Å². The van der Waals surface area contributed by atoms with Crippen LogP contribution < -0.4 is 10.6 Å². The Morgan fingerprint density at radius 1 is 1.07 bits per heavy atom. The summed E-state index contributed by atoms with van der Waals surface area (Å²) in [6.45, 7) is 1.69. The van der Waals surface area contributed by atoms with Crippen LogP contribution in [-0.4, -0.2) is 37.0 Å². The van der Waals surface area contributed by atoms with Crippen LogP contribution in [0.4, 0.5) is 32.0 Å². The number of hydrogen-bond donors (Lipinski definition) is 2. The molecule has 146 valence electrons. The van der Waals surface area contributed by atoms with Crippen molar-refractivity contribution in [3.8, 4) is 6.07 Å². The summed E-state index contributed by atoms with van der Waals surface area (Å²) in [6.07, 6.45) is -9.17. The van der Waals surface area contributed by atoms with Gasteiger partial charge in [-0.1, -0.05) is 0 Å². The van der Waals surface area contributed by atoms with Crippen molar-refractivity contribution in [2.45, 2.75) is 12.4 Å². The fourth-order valence-electron chi connectivity index (χ4n) is 2.37. The Morgan fingerprint density at radius 3 is 2.04 bits per heavy atom. The molecule has 0 aromatic heterocycles. The molecule has 2 N–H and O–H groups in total. The fraction of sp³-hybridized carbons (Fsp3) is 0.375. The molecule has 1 aromatic rings. The van der Waals surface area contributed by atoms with Crippen molar-refractivity contribution in [3.05, 3.63) is 41.1 Å². The van der Waals surface area contributed by atoms with Crippen LogP contribution >= 0.6 is 0 Å². The maximum absolute atomic E-state index is 12.8. The van der Waals surface area contributed by atoms with Gasteiger partial charge < -0.3 is 15.5 Å². The van der Waals surface area contributed by atoms with Crippen molar-refractivity contribution in [3.63, 3.8) is 0 Å². The predicted molar refractivity (Wildman–Crippen MR) is 83.2 cm³/mol. The van der Waals surface area contributed by atoms with Crippen molar-refractivity contribution in [2.75, 3.05) is 31.5 Å². The SMILES string of the molecule is N#C/C(=C/Nc1cc(C(F)(F)F)cc(C(F)(F)F)c1)C(=O)N1CCNCC1. The van der Waals surface area contributed by atoms with E-state index in [2.05, 4.69) is 10.6 Å². The second-order valence-corrected chi connectivity index (χ2v) is 5.65. The van der Waals surface area contributed by atoms with E-state index in [1.54, 1.807) is 6.07 Å². The zero-order valence-corrected chi connectivity index (χ0v) is 13.7. The number of rotatable bonds is 3. The number of carbonyl (C=O) groups is 1. The Labute approximate surface area is 150 Å². The van der Waals surface area contributed by atoms with Crippen LogP contribution in [0, 0.1) is 11.3 Å². The summed E-state index contributed by atoms with van der Waals surface area (Å²) in [6, 6.07) is 2.53. The average Bonchev–Trinajstić information content (AvgIpc) is 2.61. The molecular formula is C16H14F6N4O. The lowest BCUT2D eigenvalue weighted by Gasteiger charge is -2.27. The lowest BCUT2D eigenvalue weighted by molar-refractivity contribution is -0.143. The molecule has 1 fully saturated rings. The van der Waals surface area contributed by atoms with E-state index < -0.39 is 40.6 Å². The smallest absolute Gasteiger partial charge is 0.360 e. The Hall–Kier alpha value is -2.74. The molecule has 0 spiro atoms. The Morgan fingerprint density at radius 2 is 1.59 bits per heavy atom. The molecule has 1 aliphatic heterocycles. The standard InChI is InChI=1S/C16H14F6N4O/c17-15(18,19)11-5-12(16(20,21)22)7-13(6-11)25-9-10(8-23)14(27)26-3-1-24-2-4-26/h5-7,9,24-25H,1-4H2/b10-9-. The van der Waals surface area contributed by atoms with Gasteiger partial charge in [0.2, 0.25) is 0 Å². The second-order valence-electron chi connectivity index (χ2n) is 5.65. The highest BCUT2D eigenvalue weighted by molar-refractivity contribution is 5.97. The van der Waals surface area contributed by atoms with E-state index in [4.69, 9.17) is 5.26 Å². The third kappa shape index (κ3) is 5.37. The summed E-state index contributed by atoms with van der Waals surface area (Å²) in [5.74, 6) is -0.658. The van der Waals surface area contributed by atoms with E-state index in [0.717, 1.165) is 6.20 Å². The van der Waals surface area contributed by atoms with E-state index in [-0.39, 0.29) is 6.07 Å². The zero-order valence-electron chi connectivity index (χ0n) is 13.7. The van der Waals surface area contributed by atoms with Crippen LogP contribution in [0.2, 0.25) is 0 Å². The van der Waals surface area contributed by atoms with Gasteiger partial charge in [-0.3, -0.25) is 4.79 Å². The van der Waals surface area contributed by atoms with Gasteiger partial charge in [0, 0.05) is 38.1 Å².